The van der Waals surface area contributed by atoms with E-state index in [2.05, 4.69) is 4.74 Å². The number of carbonyl (C=O) groups excluding carboxylic acids is 1. The zero-order chi connectivity index (χ0) is 20.4. The van der Waals surface area contributed by atoms with Crippen molar-refractivity contribution in [3.05, 3.63) is 69.3 Å². The average Bonchev–Trinajstić information content (AvgIpc) is 2.60. The van der Waals surface area contributed by atoms with Gasteiger partial charge >= 0.3 is 17.8 Å². The Bertz CT molecular complexity index is 863. The average molecular weight is 383 g/mol. The molecule has 0 saturated heterocycles. The van der Waals surface area contributed by atoms with E-state index in [-0.39, 0.29) is 0 Å². The van der Waals surface area contributed by atoms with E-state index < -0.39 is 45.2 Å². The number of nitro groups is 1. The maximum atomic E-state index is 13.4. The Kier molecular flexibility index (Phi) is 5.43. The molecule has 2 rings (SSSR count). The largest absolute Gasteiger partial charge is 0.476 e. The third-order valence-electron chi connectivity index (χ3n) is 3.84. The summed E-state index contributed by atoms with van der Waals surface area (Å²) in [6, 6.07) is 9.49. The first-order chi connectivity index (χ1) is 12.5. The summed E-state index contributed by atoms with van der Waals surface area (Å²) in [6.45, 7) is 3.13. The monoisotopic (exact) mass is 383 g/mol. The first kappa shape index (κ1) is 20.2. The molecule has 0 saturated carbocycles. The van der Waals surface area contributed by atoms with Crippen LogP contribution in [-0.2, 0) is 16.5 Å². The number of benzene rings is 2. The number of hydrogen-bond acceptors (Lipinski definition) is 5. The Morgan fingerprint density at radius 1 is 1.11 bits per heavy atom. The molecule has 0 heterocycles. The van der Waals surface area contributed by atoms with Crippen molar-refractivity contribution in [3.8, 4) is 5.75 Å². The molecule has 0 amide bonds. The summed E-state index contributed by atoms with van der Waals surface area (Å²) in [5.41, 5.74) is -3.67. The summed E-state index contributed by atoms with van der Waals surface area (Å²) < 4.78 is 50.0. The lowest BCUT2D eigenvalue weighted by atomic mass is 9.97. The van der Waals surface area contributed by atoms with E-state index in [9.17, 15) is 28.1 Å². The molecule has 0 N–H and O–H groups in total. The van der Waals surface area contributed by atoms with Gasteiger partial charge in [-0.05, 0) is 19.4 Å². The molecule has 144 valence electrons. The SMILES string of the molecule is COC(=O)c1cc([N+](=O)[O-])c(OC(C)(C)c2ccccc2)cc1C(F)(F)F. The van der Waals surface area contributed by atoms with Crippen molar-refractivity contribution >= 4 is 11.7 Å². The van der Waals surface area contributed by atoms with Crippen LogP contribution in [0.1, 0.15) is 35.3 Å². The van der Waals surface area contributed by atoms with E-state index in [1.54, 1.807) is 44.2 Å². The maximum Gasteiger partial charge on any atom is 0.417 e. The van der Waals surface area contributed by atoms with Gasteiger partial charge in [0.1, 0.15) is 5.60 Å². The number of esters is 1. The predicted octanol–water partition coefficient (Wildman–Crippen LogP) is 4.71. The second-order valence-electron chi connectivity index (χ2n) is 6.09. The number of halogens is 3. The molecule has 0 unspecified atom stereocenters. The zero-order valence-electron chi connectivity index (χ0n) is 14.7. The molecule has 2 aromatic rings. The summed E-state index contributed by atoms with van der Waals surface area (Å²) in [5.74, 6) is -1.94. The molecule has 0 fully saturated rings. The highest BCUT2D eigenvalue weighted by atomic mass is 19.4. The summed E-state index contributed by atoms with van der Waals surface area (Å²) in [6.07, 6.45) is -4.94. The molecule has 0 spiro atoms. The van der Waals surface area contributed by atoms with Crippen molar-refractivity contribution in [2.75, 3.05) is 7.11 Å². The van der Waals surface area contributed by atoms with Crippen molar-refractivity contribution < 1.29 is 32.4 Å². The summed E-state index contributed by atoms with van der Waals surface area (Å²) in [5, 5.41) is 11.4. The van der Waals surface area contributed by atoms with Gasteiger partial charge in [-0.1, -0.05) is 30.3 Å². The van der Waals surface area contributed by atoms with Crippen LogP contribution in [0.2, 0.25) is 0 Å². The van der Waals surface area contributed by atoms with Crippen molar-refractivity contribution in [1.29, 1.82) is 0 Å². The van der Waals surface area contributed by atoms with E-state index in [0.717, 1.165) is 7.11 Å². The number of nitro benzene ring substituents is 1. The minimum Gasteiger partial charge on any atom is -0.476 e. The van der Waals surface area contributed by atoms with Crippen molar-refractivity contribution in [3.63, 3.8) is 0 Å². The first-order valence-corrected chi connectivity index (χ1v) is 7.70. The van der Waals surface area contributed by atoms with E-state index in [0.29, 0.717) is 17.7 Å². The van der Waals surface area contributed by atoms with Gasteiger partial charge in [-0.3, -0.25) is 10.1 Å². The number of nitrogens with zero attached hydrogens (tertiary/aromatic N) is 1. The number of hydrogen-bond donors (Lipinski definition) is 0. The first-order valence-electron chi connectivity index (χ1n) is 7.70. The fourth-order valence-electron chi connectivity index (χ4n) is 2.48. The molecule has 0 aliphatic heterocycles. The van der Waals surface area contributed by atoms with Crippen molar-refractivity contribution in [1.82, 2.24) is 0 Å². The van der Waals surface area contributed by atoms with Gasteiger partial charge in [-0.25, -0.2) is 4.79 Å². The Morgan fingerprint density at radius 3 is 2.19 bits per heavy atom. The van der Waals surface area contributed by atoms with Gasteiger partial charge < -0.3 is 9.47 Å². The van der Waals surface area contributed by atoms with Crippen LogP contribution >= 0.6 is 0 Å². The van der Waals surface area contributed by atoms with Crippen LogP contribution in [0.15, 0.2) is 42.5 Å². The predicted molar refractivity (Wildman–Crippen MR) is 89.5 cm³/mol. The zero-order valence-corrected chi connectivity index (χ0v) is 14.7. The fourth-order valence-corrected chi connectivity index (χ4v) is 2.48. The van der Waals surface area contributed by atoms with Gasteiger partial charge in [0.2, 0.25) is 0 Å². The van der Waals surface area contributed by atoms with Crippen LogP contribution in [0.3, 0.4) is 0 Å². The van der Waals surface area contributed by atoms with E-state index in [4.69, 9.17) is 4.74 Å². The summed E-state index contributed by atoms with van der Waals surface area (Å²) in [4.78, 5) is 22.1. The van der Waals surface area contributed by atoms with Crippen molar-refractivity contribution in [2.45, 2.75) is 25.6 Å². The van der Waals surface area contributed by atoms with Gasteiger partial charge in [0.15, 0.2) is 5.75 Å². The molecule has 0 atom stereocenters. The van der Waals surface area contributed by atoms with Gasteiger partial charge in [0.25, 0.3) is 0 Å². The number of ether oxygens (including phenoxy) is 2. The normalized spacial score (nSPS) is 11.8. The molecule has 0 aromatic heterocycles. The molecule has 27 heavy (non-hydrogen) atoms. The van der Waals surface area contributed by atoms with Crippen LogP contribution in [0.5, 0.6) is 5.75 Å². The van der Waals surface area contributed by atoms with Gasteiger partial charge in [-0.2, -0.15) is 13.2 Å². The summed E-state index contributed by atoms with van der Waals surface area (Å²) >= 11 is 0. The van der Waals surface area contributed by atoms with Gasteiger partial charge in [0, 0.05) is 12.1 Å². The summed E-state index contributed by atoms with van der Waals surface area (Å²) in [7, 11) is 0.886. The second-order valence-corrected chi connectivity index (χ2v) is 6.09. The lowest BCUT2D eigenvalue weighted by molar-refractivity contribution is -0.386. The Morgan fingerprint density at radius 2 is 1.70 bits per heavy atom. The van der Waals surface area contributed by atoms with Gasteiger partial charge in [-0.15, -0.1) is 0 Å². The third-order valence-corrected chi connectivity index (χ3v) is 3.84. The highest BCUT2D eigenvalue weighted by Crippen LogP contribution is 2.41. The second kappa shape index (κ2) is 7.26. The minimum absolute atomic E-state index is 0.453. The molecule has 2 aromatic carbocycles. The number of carbonyl (C=O) groups is 1. The highest BCUT2D eigenvalue weighted by Gasteiger charge is 2.39. The van der Waals surface area contributed by atoms with E-state index in [1.165, 1.54) is 0 Å². The quantitative estimate of drug-likeness (QED) is 0.424. The Labute approximate surface area is 152 Å². The lowest BCUT2D eigenvalue weighted by Crippen LogP contribution is -2.26. The molecule has 0 aliphatic carbocycles. The van der Waals surface area contributed by atoms with Crippen molar-refractivity contribution in [2.24, 2.45) is 0 Å². The molecule has 0 radical (unpaired) electrons. The standard InChI is InChI=1S/C18H16F3NO5/c1-17(2,11-7-5-4-6-8-11)27-15-10-13(18(19,20)21)12(16(23)26-3)9-14(15)22(24)25/h4-10H,1-3H3. The fraction of sp³-hybridized carbons (Fsp3) is 0.278. The van der Waals surface area contributed by atoms with E-state index in [1.807, 2.05) is 0 Å². The Balaban J connectivity index is 2.64. The topological polar surface area (TPSA) is 78.7 Å². The van der Waals surface area contributed by atoms with Crippen LogP contribution in [0.25, 0.3) is 0 Å². The molecule has 0 bridgehead atoms. The van der Waals surface area contributed by atoms with Crippen LogP contribution in [0.4, 0.5) is 18.9 Å². The highest BCUT2D eigenvalue weighted by molar-refractivity contribution is 5.92. The van der Waals surface area contributed by atoms with Crippen LogP contribution in [-0.4, -0.2) is 18.0 Å². The van der Waals surface area contributed by atoms with E-state index >= 15 is 0 Å². The molecule has 6 nitrogen and oxygen atoms in total. The molecule has 9 heteroatoms. The number of rotatable bonds is 5. The maximum absolute atomic E-state index is 13.4. The molecule has 0 aliphatic rings. The third kappa shape index (κ3) is 4.36. The lowest BCUT2D eigenvalue weighted by Gasteiger charge is -2.27. The van der Waals surface area contributed by atoms with Crippen LogP contribution < -0.4 is 4.74 Å². The molecular weight excluding hydrogens is 367 g/mol. The smallest absolute Gasteiger partial charge is 0.417 e. The Hall–Kier alpha value is -3.10. The minimum atomic E-state index is -4.94. The number of alkyl halides is 3. The van der Waals surface area contributed by atoms with Crippen LogP contribution in [0, 0.1) is 10.1 Å². The number of methoxy groups -OCH3 is 1. The van der Waals surface area contributed by atoms with Gasteiger partial charge in [0.05, 0.1) is 23.2 Å². The molecular formula is C18H16F3NO5.